The van der Waals surface area contributed by atoms with Crippen molar-refractivity contribution in [1.82, 2.24) is 4.90 Å². The third-order valence-electron chi connectivity index (χ3n) is 5.71. The fourth-order valence-electron chi connectivity index (χ4n) is 4.54. The van der Waals surface area contributed by atoms with Gasteiger partial charge >= 0.3 is 0 Å². The van der Waals surface area contributed by atoms with Crippen LogP contribution in [0, 0.1) is 5.82 Å². The topological polar surface area (TPSA) is 6.48 Å². The third-order valence-corrected chi connectivity index (χ3v) is 5.71. The van der Waals surface area contributed by atoms with Crippen LogP contribution < -0.4 is 4.90 Å². The molecule has 2 saturated carbocycles. The first-order valence-electron chi connectivity index (χ1n) is 8.61. The van der Waals surface area contributed by atoms with E-state index in [1.165, 1.54) is 51.4 Å². The Kier molecular flexibility index (Phi) is 3.62. The molecule has 0 atom stereocenters. The lowest BCUT2D eigenvalue weighted by atomic mass is 10.0. The standard InChI is InChI=1S/C18H25FN2/c19-17-10-5-11-18-16(17)12-20(14-6-1-2-7-14)13-21(18)15-8-3-4-9-15/h5,10-11,14-15H,1-4,6-9,12-13H2. The van der Waals surface area contributed by atoms with E-state index >= 15 is 0 Å². The second-order valence-electron chi connectivity index (χ2n) is 6.97. The summed E-state index contributed by atoms with van der Waals surface area (Å²) in [6.07, 6.45) is 10.5. The van der Waals surface area contributed by atoms with Crippen LogP contribution in [0.3, 0.4) is 0 Å². The van der Waals surface area contributed by atoms with Gasteiger partial charge in [0, 0.05) is 29.9 Å². The summed E-state index contributed by atoms with van der Waals surface area (Å²) in [5.74, 6) is -0.0156. The van der Waals surface area contributed by atoms with Crippen LogP contribution in [0.4, 0.5) is 10.1 Å². The molecule has 0 aromatic heterocycles. The second kappa shape index (κ2) is 5.60. The van der Waals surface area contributed by atoms with Gasteiger partial charge in [-0.15, -0.1) is 0 Å². The average molecular weight is 288 g/mol. The Morgan fingerprint density at radius 1 is 0.905 bits per heavy atom. The summed E-state index contributed by atoms with van der Waals surface area (Å²) in [6, 6.07) is 6.92. The van der Waals surface area contributed by atoms with E-state index in [1.54, 1.807) is 6.07 Å². The van der Waals surface area contributed by atoms with E-state index < -0.39 is 0 Å². The van der Waals surface area contributed by atoms with Crippen molar-refractivity contribution in [1.29, 1.82) is 0 Å². The molecule has 0 saturated heterocycles. The summed E-state index contributed by atoms with van der Waals surface area (Å²) >= 11 is 0. The van der Waals surface area contributed by atoms with Gasteiger partial charge in [-0.2, -0.15) is 0 Å². The number of fused-ring (bicyclic) bond motifs is 1. The Labute approximate surface area is 126 Å². The van der Waals surface area contributed by atoms with Gasteiger partial charge in [0.25, 0.3) is 0 Å². The van der Waals surface area contributed by atoms with Gasteiger partial charge in [0.15, 0.2) is 0 Å². The van der Waals surface area contributed by atoms with Gasteiger partial charge in [0.2, 0.25) is 0 Å². The summed E-state index contributed by atoms with van der Waals surface area (Å²) in [5.41, 5.74) is 2.10. The highest BCUT2D eigenvalue weighted by Gasteiger charge is 2.34. The van der Waals surface area contributed by atoms with Crippen LogP contribution in [0.5, 0.6) is 0 Å². The van der Waals surface area contributed by atoms with E-state index in [0.29, 0.717) is 12.1 Å². The number of nitrogens with zero attached hydrogens (tertiary/aromatic N) is 2. The fourth-order valence-corrected chi connectivity index (χ4v) is 4.54. The minimum atomic E-state index is -0.0156. The lowest BCUT2D eigenvalue weighted by Gasteiger charge is -2.44. The molecule has 21 heavy (non-hydrogen) atoms. The summed E-state index contributed by atoms with van der Waals surface area (Å²) in [6.45, 7) is 1.81. The van der Waals surface area contributed by atoms with Crippen molar-refractivity contribution < 1.29 is 4.39 Å². The highest BCUT2D eigenvalue weighted by molar-refractivity contribution is 5.56. The Hall–Kier alpha value is -1.09. The highest BCUT2D eigenvalue weighted by atomic mass is 19.1. The molecule has 1 aromatic carbocycles. The molecular weight excluding hydrogens is 263 g/mol. The molecule has 3 heteroatoms. The van der Waals surface area contributed by atoms with E-state index in [4.69, 9.17) is 0 Å². The predicted molar refractivity (Wildman–Crippen MR) is 83.8 cm³/mol. The summed E-state index contributed by atoms with van der Waals surface area (Å²) < 4.78 is 14.3. The number of benzene rings is 1. The number of rotatable bonds is 2. The van der Waals surface area contributed by atoms with Crippen LogP contribution in [0.1, 0.15) is 56.9 Å². The third kappa shape index (κ3) is 2.46. The van der Waals surface area contributed by atoms with Crippen molar-refractivity contribution in [2.75, 3.05) is 11.6 Å². The molecule has 2 aliphatic carbocycles. The summed E-state index contributed by atoms with van der Waals surface area (Å²) in [5, 5.41) is 0. The average Bonchev–Trinajstić information content (AvgIpc) is 3.20. The number of anilines is 1. The van der Waals surface area contributed by atoms with Crippen molar-refractivity contribution in [2.45, 2.75) is 70.0 Å². The first kappa shape index (κ1) is 13.6. The maximum Gasteiger partial charge on any atom is 0.129 e. The van der Waals surface area contributed by atoms with Gasteiger partial charge in [-0.25, -0.2) is 4.39 Å². The quantitative estimate of drug-likeness (QED) is 0.801. The second-order valence-corrected chi connectivity index (χ2v) is 6.97. The van der Waals surface area contributed by atoms with Crippen LogP contribution in [-0.4, -0.2) is 23.7 Å². The Morgan fingerprint density at radius 3 is 2.29 bits per heavy atom. The Morgan fingerprint density at radius 2 is 1.57 bits per heavy atom. The van der Waals surface area contributed by atoms with Crippen LogP contribution in [0.25, 0.3) is 0 Å². The molecule has 1 heterocycles. The van der Waals surface area contributed by atoms with Crippen LogP contribution in [0.15, 0.2) is 18.2 Å². The predicted octanol–water partition coefficient (Wildman–Crippen LogP) is 4.29. The van der Waals surface area contributed by atoms with Gasteiger partial charge in [0.05, 0.1) is 6.67 Å². The zero-order chi connectivity index (χ0) is 14.2. The minimum absolute atomic E-state index is 0.0156. The summed E-state index contributed by atoms with van der Waals surface area (Å²) in [4.78, 5) is 5.05. The smallest absolute Gasteiger partial charge is 0.129 e. The molecule has 0 unspecified atom stereocenters. The highest BCUT2D eigenvalue weighted by Crippen LogP contribution is 2.37. The zero-order valence-electron chi connectivity index (χ0n) is 12.7. The maximum absolute atomic E-state index is 14.3. The molecule has 3 aliphatic rings. The van der Waals surface area contributed by atoms with Crippen LogP contribution >= 0.6 is 0 Å². The van der Waals surface area contributed by atoms with Crippen LogP contribution in [-0.2, 0) is 6.54 Å². The molecule has 114 valence electrons. The normalized spacial score (nSPS) is 24.7. The lowest BCUT2D eigenvalue weighted by Crippen LogP contribution is -2.50. The van der Waals surface area contributed by atoms with Crippen molar-refractivity contribution in [3.63, 3.8) is 0 Å². The molecule has 0 radical (unpaired) electrons. The molecule has 0 bridgehead atoms. The van der Waals surface area contributed by atoms with Gasteiger partial charge in [-0.3, -0.25) is 4.90 Å². The summed E-state index contributed by atoms with van der Waals surface area (Å²) in [7, 11) is 0. The van der Waals surface area contributed by atoms with Gasteiger partial charge < -0.3 is 4.90 Å². The Balaban J connectivity index is 1.67. The molecule has 1 aromatic rings. The van der Waals surface area contributed by atoms with Crippen molar-refractivity contribution in [3.8, 4) is 0 Å². The first-order valence-corrected chi connectivity index (χ1v) is 8.61. The molecule has 0 spiro atoms. The zero-order valence-corrected chi connectivity index (χ0v) is 12.7. The molecule has 1 aliphatic heterocycles. The van der Waals surface area contributed by atoms with Crippen molar-refractivity contribution in [3.05, 3.63) is 29.6 Å². The van der Waals surface area contributed by atoms with E-state index in [0.717, 1.165) is 24.5 Å². The number of halogens is 1. The van der Waals surface area contributed by atoms with Gasteiger partial charge in [0.1, 0.15) is 5.82 Å². The molecule has 4 rings (SSSR count). The molecular formula is C18H25FN2. The molecule has 2 nitrogen and oxygen atoms in total. The van der Waals surface area contributed by atoms with Crippen molar-refractivity contribution >= 4 is 5.69 Å². The van der Waals surface area contributed by atoms with Gasteiger partial charge in [-0.1, -0.05) is 31.7 Å². The van der Waals surface area contributed by atoms with E-state index in [1.807, 2.05) is 6.07 Å². The largest absolute Gasteiger partial charge is 0.355 e. The number of hydrogen-bond acceptors (Lipinski definition) is 2. The van der Waals surface area contributed by atoms with E-state index in [-0.39, 0.29) is 5.82 Å². The molecule has 0 N–H and O–H groups in total. The number of hydrogen-bond donors (Lipinski definition) is 0. The SMILES string of the molecule is Fc1cccc2c1CN(C1CCCC1)CN2C1CCCC1. The lowest BCUT2D eigenvalue weighted by molar-refractivity contribution is 0.171. The van der Waals surface area contributed by atoms with Crippen molar-refractivity contribution in [2.24, 2.45) is 0 Å². The minimum Gasteiger partial charge on any atom is -0.355 e. The Bertz CT molecular complexity index is 504. The monoisotopic (exact) mass is 288 g/mol. The van der Waals surface area contributed by atoms with E-state index in [9.17, 15) is 4.39 Å². The first-order chi connectivity index (χ1) is 10.3. The van der Waals surface area contributed by atoms with Crippen LogP contribution in [0.2, 0.25) is 0 Å². The fraction of sp³-hybridized carbons (Fsp3) is 0.667. The van der Waals surface area contributed by atoms with E-state index in [2.05, 4.69) is 15.9 Å². The molecule has 0 amide bonds. The maximum atomic E-state index is 14.3. The van der Waals surface area contributed by atoms with Gasteiger partial charge in [-0.05, 0) is 37.8 Å². The molecule has 2 fully saturated rings.